The number of imidazole rings is 1. The van der Waals surface area contributed by atoms with Crippen molar-refractivity contribution >= 4 is 16.9 Å². The Morgan fingerprint density at radius 3 is 2.80 bits per heavy atom. The zero-order valence-corrected chi connectivity index (χ0v) is 12.7. The van der Waals surface area contributed by atoms with Gasteiger partial charge in [-0.3, -0.25) is 0 Å². The minimum Gasteiger partial charge on any atom is -0.379 e. The summed E-state index contributed by atoms with van der Waals surface area (Å²) in [6.45, 7) is 0.334. The molecule has 9 heteroatoms. The predicted octanol–water partition coefficient (Wildman–Crippen LogP) is 2.12. The van der Waals surface area contributed by atoms with Crippen LogP contribution in [0.3, 0.4) is 0 Å². The van der Waals surface area contributed by atoms with Crippen LogP contribution >= 0.6 is 0 Å². The first-order chi connectivity index (χ1) is 12.2. The van der Waals surface area contributed by atoms with Crippen LogP contribution in [0.25, 0.3) is 22.6 Å². The van der Waals surface area contributed by atoms with Gasteiger partial charge in [0.2, 0.25) is 0 Å². The van der Waals surface area contributed by atoms with Crippen LogP contribution in [0.2, 0.25) is 0 Å². The van der Waals surface area contributed by atoms with Crippen LogP contribution in [0.4, 0.5) is 10.2 Å². The number of halogens is 1. The average molecular weight is 335 g/mol. The molecule has 0 aliphatic heterocycles. The van der Waals surface area contributed by atoms with E-state index in [1.807, 2.05) is 6.07 Å². The fourth-order valence-electron chi connectivity index (χ4n) is 2.57. The highest BCUT2D eigenvalue weighted by Gasteiger charge is 2.20. The normalized spacial score (nSPS) is 10.9. The summed E-state index contributed by atoms with van der Waals surface area (Å²) >= 11 is 0. The van der Waals surface area contributed by atoms with Gasteiger partial charge in [-0.1, -0.05) is 12.1 Å². The molecule has 8 nitrogen and oxygen atoms in total. The molecule has 0 spiro atoms. The quantitative estimate of drug-likeness (QED) is 0.609. The Hall–Kier alpha value is -3.80. The van der Waals surface area contributed by atoms with E-state index in [1.165, 1.54) is 6.07 Å². The van der Waals surface area contributed by atoms with Crippen LogP contribution < -0.4 is 5.73 Å². The number of rotatable bonds is 3. The van der Waals surface area contributed by atoms with E-state index < -0.39 is 5.82 Å². The van der Waals surface area contributed by atoms with Gasteiger partial charge in [-0.2, -0.15) is 5.26 Å². The first-order valence-electron chi connectivity index (χ1n) is 7.25. The highest BCUT2D eigenvalue weighted by atomic mass is 19.1. The first-order valence-corrected chi connectivity index (χ1v) is 7.25. The van der Waals surface area contributed by atoms with Gasteiger partial charge >= 0.3 is 0 Å². The van der Waals surface area contributed by atoms with E-state index in [0.29, 0.717) is 23.6 Å². The summed E-state index contributed by atoms with van der Waals surface area (Å²) in [7, 11) is 0. The van der Waals surface area contributed by atoms with E-state index in [2.05, 4.69) is 24.9 Å². The SMILES string of the molecule is N#Cc1ccc(Cn2c(-c3nonc3N)nc3c(F)cccc32)cn1. The number of hydrogen-bond donors (Lipinski definition) is 1. The molecule has 122 valence electrons. The van der Waals surface area contributed by atoms with Gasteiger partial charge in [0.1, 0.15) is 17.3 Å². The van der Waals surface area contributed by atoms with E-state index in [-0.39, 0.29) is 17.0 Å². The molecular formula is C16H10FN7O. The van der Waals surface area contributed by atoms with Crippen molar-refractivity contribution in [2.75, 3.05) is 5.73 Å². The zero-order valence-electron chi connectivity index (χ0n) is 12.7. The molecule has 0 saturated carbocycles. The van der Waals surface area contributed by atoms with Crippen LogP contribution in [0, 0.1) is 17.1 Å². The van der Waals surface area contributed by atoms with E-state index in [1.54, 1.807) is 35.0 Å². The molecule has 0 fully saturated rings. The minimum atomic E-state index is -0.453. The number of hydrogen-bond acceptors (Lipinski definition) is 7. The van der Waals surface area contributed by atoms with Crippen molar-refractivity contribution in [2.45, 2.75) is 6.54 Å². The maximum atomic E-state index is 14.1. The number of nitrogens with two attached hydrogens (primary N) is 1. The van der Waals surface area contributed by atoms with Gasteiger partial charge in [0.25, 0.3) is 0 Å². The van der Waals surface area contributed by atoms with Crippen LogP contribution in [0.1, 0.15) is 11.3 Å². The van der Waals surface area contributed by atoms with E-state index in [9.17, 15) is 4.39 Å². The van der Waals surface area contributed by atoms with Crippen LogP contribution in [-0.4, -0.2) is 24.8 Å². The standard InChI is InChI=1S/C16H10FN7O/c17-11-2-1-3-12-13(11)21-16(14-15(19)23-25-22-14)24(12)8-9-4-5-10(6-18)20-7-9/h1-5,7H,8H2,(H2,19,23). The van der Waals surface area contributed by atoms with Crippen molar-refractivity contribution in [1.82, 2.24) is 24.8 Å². The number of nitriles is 1. The molecule has 4 rings (SSSR count). The fraction of sp³-hybridized carbons (Fsp3) is 0.0625. The number of benzene rings is 1. The lowest BCUT2D eigenvalue weighted by Crippen LogP contribution is -2.04. The smallest absolute Gasteiger partial charge is 0.199 e. The maximum absolute atomic E-state index is 14.1. The first kappa shape index (κ1) is 14.8. The van der Waals surface area contributed by atoms with Crippen LogP contribution in [-0.2, 0) is 6.54 Å². The maximum Gasteiger partial charge on any atom is 0.199 e. The van der Waals surface area contributed by atoms with Gasteiger partial charge in [-0.15, -0.1) is 0 Å². The lowest BCUT2D eigenvalue weighted by Gasteiger charge is -2.08. The molecule has 25 heavy (non-hydrogen) atoms. The highest BCUT2D eigenvalue weighted by Crippen LogP contribution is 2.28. The topological polar surface area (TPSA) is 119 Å². The van der Waals surface area contributed by atoms with Gasteiger partial charge in [-0.25, -0.2) is 19.0 Å². The summed E-state index contributed by atoms with van der Waals surface area (Å²) in [6.07, 6.45) is 1.58. The Morgan fingerprint density at radius 2 is 2.12 bits per heavy atom. The van der Waals surface area contributed by atoms with Gasteiger partial charge in [-0.05, 0) is 34.1 Å². The van der Waals surface area contributed by atoms with Crippen molar-refractivity contribution in [3.63, 3.8) is 0 Å². The number of para-hydroxylation sites is 1. The second-order valence-corrected chi connectivity index (χ2v) is 5.29. The highest BCUT2D eigenvalue weighted by molar-refractivity contribution is 5.82. The molecule has 0 bridgehead atoms. The largest absolute Gasteiger partial charge is 0.379 e. The number of nitrogens with zero attached hydrogens (tertiary/aromatic N) is 6. The number of aromatic nitrogens is 5. The Bertz CT molecular complexity index is 1110. The summed E-state index contributed by atoms with van der Waals surface area (Å²) in [6, 6.07) is 10.0. The summed E-state index contributed by atoms with van der Waals surface area (Å²) in [5.74, 6) is -0.0522. The molecule has 0 amide bonds. The third-order valence-corrected chi connectivity index (χ3v) is 3.74. The minimum absolute atomic E-state index is 0.0647. The van der Waals surface area contributed by atoms with Crippen molar-refractivity contribution in [3.8, 4) is 17.6 Å². The van der Waals surface area contributed by atoms with E-state index in [0.717, 1.165) is 5.56 Å². The van der Waals surface area contributed by atoms with Crippen molar-refractivity contribution in [1.29, 1.82) is 5.26 Å². The van der Waals surface area contributed by atoms with Gasteiger partial charge < -0.3 is 10.3 Å². The summed E-state index contributed by atoms with van der Waals surface area (Å²) in [5, 5.41) is 16.2. The lowest BCUT2D eigenvalue weighted by molar-refractivity contribution is 0.310. The lowest BCUT2D eigenvalue weighted by atomic mass is 10.2. The fourth-order valence-corrected chi connectivity index (χ4v) is 2.57. The third-order valence-electron chi connectivity index (χ3n) is 3.74. The van der Waals surface area contributed by atoms with Crippen molar-refractivity contribution in [2.24, 2.45) is 0 Å². The Morgan fingerprint density at radius 1 is 1.24 bits per heavy atom. The van der Waals surface area contributed by atoms with Gasteiger partial charge in [0, 0.05) is 6.20 Å². The summed E-state index contributed by atoms with van der Waals surface area (Å²) in [4.78, 5) is 8.36. The molecule has 1 aromatic carbocycles. The van der Waals surface area contributed by atoms with Gasteiger partial charge in [0.15, 0.2) is 23.2 Å². The van der Waals surface area contributed by atoms with Crippen LogP contribution in [0.5, 0.6) is 0 Å². The summed E-state index contributed by atoms with van der Waals surface area (Å²) in [5.41, 5.74) is 7.89. The molecule has 0 aliphatic carbocycles. The predicted molar refractivity (Wildman–Crippen MR) is 85.4 cm³/mol. The van der Waals surface area contributed by atoms with Gasteiger partial charge in [0.05, 0.1) is 12.1 Å². The average Bonchev–Trinajstić information content (AvgIpc) is 3.20. The van der Waals surface area contributed by atoms with Crippen LogP contribution in [0.15, 0.2) is 41.2 Å². The second-order valence-electron chi connectivity index (χ2n) is 5.29. The molecule has 0 unspecified atom stereocenters. The Labute approximate surface area is 140 Å². The Balaban J connectivity index is 1.90. The molecule has 4 aromatic rings. The van der Waals surface area contributed by atoms with E-state index >= 15 is 0 Å². The number of anilines is 1. The monoisotopic (exact) mass is 335 g/mol. The Kier molecular flexibility index (Phi) is 3.36. The molecule has 2 N–H and O–H groups in total. The third kappa shape index (κ3) is 2.46. The number of nitrogen functional groups attached to an aromatic ring is 1. The molecule has 0 radical (unpaired) electrons. The molecule has 0 atom stereocenters. The summed E-state index contributed by atoms with van der Waals surface area (Å²) < 4.78 is 20.5. The van der Waals surface area contributed by atoms with Crippen molar-refractivity contribution < 1.29 is 9.02 Å². The molecular weight excluding hydrogens is 325 g/mol. The molecule has 0 aliphatic rings. The molecule has 0 saturated heterocycles. The number of fused-ring (bicyclic) bond motifs is 1. The zero-order chi connectivity index (χ0) is 17.4. The van der Waals surface area contributed by atoms with E-state index in [4.69, 9.17) is 11.0 Å². The molecule has 3 heterocycles. The second kappa shape index (κ2) is 5.68. The molecule has 3 aromatic heterocycles. The number of pyridine rings is 1. The van der Waals surface area contributed by atoms with Crippen molar-refractivity contribution in [3.05, 3.63) is 53.6 Å².